The van der Waals surface area contributed by atoms with Crippen LogP contribution in [0.15, 0.2) is 48.5 Å². The lowest BCUT2D eigenvalue weighted by Crippen LogP contribution is -2.32. The summed E-state index contributed by atoms with van der Waals surface area (Å²) in [5.41, 5.74) is 0.671. The molecule has 1 saturated heterocycles. The third kappa shape index (κ3) is 4.29. The first kappa shape index (κ1) is 20.5. The number of carbonyl (C=O) groups excluding carboxylic acids is 3. The van der Waals surface area contributed by atoms with Crippen LogP contribution in [-0.4, -0.2) is 31.9 Å². The van der Waals surface area contributed by atoms with Gasteiger partial charge in [-0.25, -0.2) is 12.7 Å². The Kier molecular flexibility index (Phi) is 5.18. The fourth-order valence-electron chi connectivity index (χ4n) is 3.05. The molecule has 1 heterocycles. The monoisotopic (exact) mass is 415 g/mol. The van der Waals surface area contributed by atoms with Crippen molar-refractivity contribution in [1.82, 2.24) is 0 Å². The molecule has 2 aromatic carbocycles. The molecular formula is C20H21N3O5S. The normalized spacial score (nSPS) is 17.1. The number of rotatable bonds is 4. The summed E-state index contributed by atoms with van der Waals surface area (Å²) in [7, 11) is -3.74. The van der Waals surface area contributed by atoms with Gasteiger partial charge in [-0.2, -0.15) is 0 Å². The number of amides is 3. The van der Waals surface area contributed by atoms with Crippen LogP contribution in [0.1, 0.15) is 31.1 Å². The van der Waals surface area contributed by atoms with Crippen molar-refractivity contribution in [3.8, 4) is 0 Å². The highest BCUT2D eigenvalue weighted by atomic mass is 32.2. The van der Waals surface area contributed by atoms with E-state index in [9.17, 15) is 22.8 Å². The molecule has 0 radical (unpaired) electrons. The second-order valence-corrected chi connectivity index (χ2v) is 9.29. The SMILES string of the molecule is CC(=O)Nc1ccc(NC(=O)c2ccc(N3C(=O)C(C)(C)CS3(=O)=O)cc2)cc1. The summed E-state index contributed by atoms with van der Waals surface area (Å²) < 4.78 is 25.5. The molecule has 0 bridgehead atoms. The Morgan fingerprint density at radius 2 is 1.45 bits per heavy atom. The quantitative estimate of drug-likeness (QED) is 0.797. The number of anilines is 3. The molecule has 0 saturated carbocycles. The number of benzene rings is 2. The molecule has 3 amide bonds. The van der Waals surface area contributed by atoms with E-state index in [0.717, 1.165) is 4.31 Å². The van der Waals surface area contributed by atoms with Crippen LogP contribution >= 0.6 is 0 Å². The highest BCUT2D eigenvalue weighted by molar-refractivity contribution is 7.94. The van der Waals surface area contributed by atoms with Crippen molar-refractivity contribution in [2.45, 2.75) is 20.8 Å². The van der Waals surface area contributed by atoms with Crippen LogP contribution in [0.2, 0.25) is 0 Å². The van der Waals surface area contributed by atoms with Gasteiger partial charge in [-0.3, -0.25) is 14.4 Å². The van der Waals surface area contributed by atoms with Crippen molar-refractivity contribution in [2.75, 3.05) is 20.7 Å². The highest BCUT2D eigenvalue weighted by Crippen LogP contribution is 2.35. The van der Waals surface area contributed by atoms with E-state index in [0.29, 0.717) is 16.9 Å². The minimum absolute atomic E-state index is 0.191. The summed E-state index contributed by atoms with van der Waals surface area (Å²) in [4.78, 5) is 35.9. The number of sulfonamides is 1. The van der Waals surface area contributed by atoms with Gasteiger partial charge < -0.3 is 10.6 Å². The molecule has 8 nitrogen and oxygen atoms in total. The first-order valence-electron chi connectivity index (χ1n) is 8.86. The molecule has 0 atom stereocenters. The van der Waals surface area contributed by atoms with E-state index in [1.54, 1.807) is 38.1 Å². The van der Waals surface area contributed by atoms with Crippen molar-refractivity contribution in [2.24, 2.45) is 5.41 Å². The maximum Gasteiger partial charge on any atom is 0.255 e. The number of carbonyl (C=O) groups is 3. The van der Waals surface area contributed by atoms with Crippen molar-refractivity contribution < 1.29 is 22.8 Å². The number of nitrogens with one attached hydrogen (secondary N) is 2. The minimum atomic E-state index is -3.74. The average Bonchev–Trinajstić information content (AvgIpc) is 2.79. The summed E-state index contributed by atoms with van der Waals surface area (Å²) in [6.07, 6.45) is 0. The molecule has 9 heteroatoms. The van der Waals surface area contributed by atoms with Gasteiger partial charge in [0, 0.05) is 23.9 Å². The molecule has 3 rings (SSSR count). The average molecular weight is 415 g/mol. The van der Waals surface area contributed by atoms with Gasteiger partial charge in [-0.1, -0.05) is 0 Å². The largest absolute Gasteiger partial charge is 0.326 e. The number of nitrogens with zero attached hydrogens (tertiary/aromatic N) is 1. The Morgan fingerprint density at radius 1 is 0.931 bits per heavy atom. The molecule has 0 aliphatic carbocycles. The van der Waals surface area contributed by atoms with Crippen molar-refractivity contribution >= 4 is 44.8 Å². The Balaban J connectivity index is 1.74. The van der Waals surface area contributed by atoms with E-state index < -0.39 is 21.3 Å². The standard InChI is InChI=1S/C20H21N3O5S/c1-13(24)21-15-6-8-16(9-7-15)22-18(25)14-4-10-17(11-5-14)23-19(26)20(2,3)12-29(23,27)28/h4-11H,12H2,1-3H3,(H,21,24)(H,22,25). The summed E-state index contributed by atoms with van der Waals surface area (Å²) >= 11 is 0. The van der Waals surface area contributed by atoms with E-state index in [-0.39, 0.29) is 23.3 Å². The summed E-state index contributed by atoms with van der Waals surface area (Å²) in [6, 6.07) is 12.4. The third-order valence-corrected chi connectivity index (χ3v) is 6.43. The van der Waals surface area contributed by atoms with Crippen molar-refractivity contribution in [3.05, 3.63) is 54.1 Å². The lowest BCUT2D eigenvalue weighted by molar-refractivity contribution is -0.123. The second-order valence-electron chi connectivity index (χ2n) is 7.47. The minimum Gasteiger partial charge on any atom is -0.326 e. The fourth-order valence-corrected chi connectivity index (χ4v) is 5.16. The van der Waals surface area contributed by atoms with Gasteiger partial charge in [0.1, 0.15) is 0 Å². The molecule has 1 aliphatic rings. The lowest BCUT2D eigenvalue weighted by Gasteiger charge is -2.17. The molecule has 0 spiro atoms. The maximum atomic E-state index is 12.4. The van der Waals surface area contributed by atoms with Gasteiger partial charge in [-0.15, -0.1) is 0 Å². The van der Waals surface area contributed by atoms with Gasteiger partial charge in [-0.05, 0) is 62.4 Å². The molecular weight excluding hydrogens is 394 g/mol. The smallest absolute Gasteiger partial charge is 0.255 e. The zero-order valence-corrected chi connectivity index (χ0v) is 17.0. The predicted molar refractivity (Wildman–Crippen MR) is 110 cm³/mol. The van der Waals surface area contributed by atoms with E-state index in [2.05, 4.69) is 10.6 Å². The Hall–Kier alpha value is -3.20. The van der Waals surface area contributed by atoms with E-state index >= 15 is 0 Å². The molecule has 1 aliphatic heterocycles. The van der Waals surface area contributed by atoms with Crippen LogP contribution in [0, 0.1) is 5.41 Å². The Bertz CT molecular complexity index is 1070. The van der Waals surface area contributed by atoms with Gasteiger partial charge in [0.25, 0.3) is 5.91 Å². The second kappa shape index (κ2) is 7.32. The van der Waals surface area contributed by atoms with Gasteiger partial charge in [0.05, 0.1) is 16.9 Å². The van der Waals surface area contributed by atoms with Gasteiger partial charge >= 0.3 is 0 Å². The summed E-state index contributed by atoms with van der Waals surface area (Å²) in [5, 5.41) is 5.35. The zero-order chi connectivity index (χ0) is 21.4. The highest BCUT2D eigenvalue weighted by Gasteiger charge is 2.49. The third-order valence-electron chi connectivity index (χ3n) is 4.41. The van der Waals surface area contributed by atoms with E-state index in [1.807, 2.05) is 0 Å². The predicted octanol–water partition coefficient (Wildman–Crippen LogP) is 2.60. The van der Waals surface area contributed by atoms with Crippen LogP contribution in [0.25, 0.3) is 0 Å². The Labute approximate surface area is 169 Å². The van der Waals surface area contributed by atoms with Crippen LogP contribution < -0.4 is 14.9 Å². The van der Waals surface area contributed by atoms with Gasteiger partial charge in [0.2, 0.25) is 21.8 Å². The number of hydrogen-bond donors (Lipinski definition) is 2. The van der Waals surface area contributed by atoms with Crippen LogP contribution in [0.4, 0.5) is 17.1 Å². The summed E-state index contributed by atoms with van der Waals surface area (Å²) in [5.74, 6) is -1.33. The van der Waals surface area contributed by atoms with Crippen molar-refractivity contribution in [3.63, 3.8) is 0 Å². The van der Waals surface area contributed by atoms with E-state index in [1.165, 1.54) is 31.2 Å². The zero-order valence-electron chi connectivity index (χ0n) is 16.2. The van der Waals surface area contributed by atoms with Gasteiger partial charge in [0.15, 0.2) is 0 Å². The molecule has 0 unspecified atom stereocenters. The molecule has 29 heavy (non-hydrogen) atoms. The van der Waals surface area contributed by atoms with Crippen LogP contribution in [0.3, 0.4) is 0 Å². The first-order chi connectivity index (χ1) is 13.5. The molecule has 152 valence electrons. The lowest BCUT2D eigenvalue weighted by atomic mass is 9.95. The topological polar surface area (TPSA) is 113 Å². The molecule has 2 aromatic rings. The maximum absolute atomic E-state index is 12.4. The van der Waals surface area contributed by atoms with Crippen molar-refractivity contribution in [1.29, 1.82) is 0 Å². The summed E-state index contributed by atoms with van der Waals surface area (Å²) in [6.45, 7) is 4.58. The fraction of sp³-hybridized carbons (Fsp3) is 0.250. The molecule has 2 N–H and O–H groups in total. The Morgan fingerprint density at radius 3 is 1.90 bits per heavy atom. The molecule has 1 fully saturated rings. The number of hydrogen-bond acceptors (Lipinski definition) is 5. The van der Waals surface area contributed by atoms with E-state index in [4.69, 9.17) is 0 Å². The van der Waals surface area contributed by atoms with Crippen LogP contribution in [-0.2, 0) is 19.6 Å². The van der Waals surface area contributed by atoms with Crippen LogP contribution in [0.5, 0.6) is 0 Å². The first-order valence-corrected chi connectivity index (χ1v) is 10.5. The molecule has 0 aromatic heterocycles.